The van der Waals surface area contributed by atoms with Crippen LogP contribution in [0.25, 0.3) is 11.5 Å². The monoisotopic (exact) mass is 401 g/mol. The predicted molar refractivity (Wildman–Crippen MR) is 95.3 cm³/mol. The summed E-state index contributed by atoms with van der Waals surface area (Å²) in [5.41, 5.74) is 0.695. The van der Waals surface area contributed by atoms with Gasteiger partial charge in [0.05, 0.1) is 16.8 Å². The average molecular weight is 402 g/mol. The van der Waals surface area contributed by atoms with E-state index in [2.05, 4.69) is 15.5 Å². The first kappa shape index (κ1) is 18.2. The molecule has 0 unspecified atom stereocenters. The molecule has 1 aromatic heterocycles. The molecule has 3 rings (SSSR count). The lowest BCUT2D eigenvalue weighted by Crippen LogP contribution is -2.39. The lowest BCUT2D eigenvalue weighted by molar-refractivity contribution is -0.120. The number of thioether (sulfide) groups is 1. The van der Waals surface area contributed by atoms with Crippen molar-refractivity contribution in [1.29, 1.82) is 0 Å². The third-order valence-electron chi connectivity index (χ3n) is 3.70. The molecular weight excluding hydrogens is 386 g/mol. The first-order chi connectivity index (χ1) is 11.8. The Morgan fingerprint density at radius 3 is 2.92 bits per heavy atom. The molecule has 1 aromatic carbocycles. The minimum Gasteiger partial charge on any atom is -0.411 e. The number of carbonyl (C=O) groups is 1. The molecule has 1 aliphatic rings. The molecule has 134 valence electrons. The molecule has 25 heavy (non-hydrogen) atoms. The molecule has 7 nitrogen and oxygen atoms in total. The Labute approximate surface area is 154 Å². The van der Waals surface area contributed by atoms with Crippen LogP contribution in [0.15, 0.2) is 33.9 Å². The van der Waals surface area contributed by atoms with Crippen LogP contribution in [0.5, 0.6) is 0 Å². The van der Waals surface area contributed by atoms with Crippen LogP contribution < -0.4 is 5.32 Å². The van der Waals surface area contributed by atoms with Gasteiger partial charge in [-0.2, -0.15) is 0 Å². The number of sulfone groups is 1. The maximum Gasteiger partial charge on any atom is 0.277 e. The molecular formula is C15H16ClN3O4S2. The predicted octanol–water partition coefficient (Wildman–Crippen LogP) is 2.17. The third-order valence-corrected chi connectivity index (χ3v) is 6.64. The van der Waals surface area contributed by atoms with Gasteiger partial charge in [0.2, 0.25) is 11.8 Å². The van der Waals surface area contributed by atoms with Gasteiger partial charge in [0, 0.05) is 16.6 Å². The van der Waals surface area contributed by atoms with Gasteiger partial charge in [-0.1, -0.05) is 29.4 Å². The highest BCUT2D eigenvalue weighted by molar-refractivity contribution is 8.00. The molecule has 10 heteroatoms. The fourth-order valence-corrected chi connectivity index (χ4v) is 4.98. The quantitative estimate of drug-likeness (QED) is 0.766. The van der Waals surface area contributed by atoms with Gasteiger partial charge in [-0.05, 0) is 31.5 Å². The van der Waals surface area contributed by atoms with E-state index in [1.165, 1.54) is 0 Å². The molecule has 1 fully saturated rings. The van der Waals surface area contributed by atoms with Crippen molar-refractivity contribution in [1.82, 2.24) is 15.5 Å². The van der Waals surface area contributed by atoms with Gasteiger partial charge in [-0.25, -0.2) is 8.42 Å². The van der Waals surface area contributed by atoms with Gasteiger partial charge in [0.15, 0.2) is 9.84 Å². The van der Waals surface area contributed by atoms with Crippen LogP contribution in [-0.4, -0.2) is 47.3 Å². The first-order valence-corrected chi connectivity index (χ1v) is 10.7. The van der Waals surface area contributed by atoms with Crippen LogP contribution in [0.4, 0.5) is 0 Å². The number of halogens is 1. The number of hydrogen-bond donors (Lipinski definition) is 1. The summed E-state index contributed by atoms with van der Waals surface area (Å²) in [6, 6.07) is 6.70. The van der Waals surface area contributed by atoms with Crippen molar-refractivity contribution in [2.24, 2.45) is 0 Å². The van der Waals surface area contributed by atoms with Crippen molar-refractivity contribution in [2.45, 2.75) is 29.9 Å². The van der Waals surface area contributed by atoms with Crippen molar-refractivity contribution in [2.75, 3.05) is 11.5 Å². The summed E-state index contributed by atoms with van der Waals surface area (Å²) in [6.07, 6.45) is 0.449. The number of rotatable bonds is 5. The summed E-state index contributed by atoms with van der Waals surface area (Å²) in [4.78, 5) is 12.2. The minimum atomic E-state index is -3.03. The summed E-state index contributed by atoms with van der Waals surface area (Å²) < 4.78 is 28.4. The molecule has 1 amide bonds. The number of aromatic nitrogens is 2. The standard InChI is InChI=1S/C15H16ClN3O4S2/c1-9(13(20)17-12-5-6-25(21,22)8-12)24-15-19-18-14(23-15)10-3-2-4-11(16)7-10/h2-4,7,9,12H,5-6,8H2,1H3,(H,17,20)/t9-,12-/m0/s1. The summed E-state index contributed by atoms with van der Waals surface area (Å²) in [5, 5.41) is 11.0. The molecule has 2 aromatic rings. The molecule has 0 saturated carbocycles. The smallest absolute Gasteiger partial charge is 0.277 e. The molecule has 2 heterocycles. The van der Waals surface area contributed by atoms with Crippen molar-refractivity contribution in [3.63, 3.8) is 0 Å². The summed E-state index contributed by atoms with van der Waals surface area (Å²) in [6.45, 7) is 1.70. The molecule has 0 radical (unpaired) electrons. The number of amides is 1. The van der Waals surface area contributed by atoms with Gasteiger partial charge < -0.3 is 9.73 Å². The Balaban J connectivity index is 1.59. The van der Waals surface area contributed by atoms with Gasteiger partial charge in [0.1, 0.15) is 0 Å². The second-order valence-electron chi connectivity index (χ2n) is 5.75. The van der Waals surface area contributed by atoms with Crippen molar-refractivity contribution in [3.8, 4) is 11.5 Å². The normalized spacial score (nSPS) is 20.3. The molecule has 0 aliphatic carbocycles. The van der Waals surface area contributed by atoms with Crippen LogP contribution in [0.2, 0.25) is 5.02 Å². The molecule has 1 saturated heterocycles. The van der Waals surface area contributed by atoms with E-state index in [9.17, 15) is 13.2 Å². The van der Waals surface area contributed by atoms with E-state index in [1.54, 1.807) is 31.2 Å². The Morgan fingerprint density at radius 1 is 1.44 bits per heavy atom. The Hall–Kier alpha value is -1.58. The Kier molecular flexibility index (Phi) is 5.35. The number of nitrogens with one attached hydrogen (secondary N) is 1. The topological polar surface area (TPSA) is 102 Å². The largest absolute Gasteiger partial charge is 0.411 e. The average Bonchev–Trinajstić information content (AvgIpc) is 3.13. The second kappa shape index (κ2) is 7.35. The highest BCUT2D eigenvalue weighted by Crippen LogP contribution is 2.27. The van der Waals surface area contributed by atoms with Crippen LogP contribution in [0.3, 0.4) is 0 Å². The van der Waals surface area contributed by atoms with E-state index in [-0.39, 0.29) is 28.7 Å². The second-order valence-corrected chi connectivity index (χ2v) is 9.71. The van der Waals surface area contributed by atoms with Gasteiger partial charge in [-0.15, -0.1) is 10.2 Å². The Morgan fingerprint density at radius 2 is 2.24 bits per heavy atom. The maximum atomic E-state index is 12.2. The summed E-state index contributed by atoms with van der Waals surface area (Å²) in [7, 11) is -3.03. The zero-order valence-corrected chi connectivity index (χ0v) is 15.7. The minimum absolute atomic E-state index is 0.00437. The zero-order valence-electron chi connectivity index (χ0n) is 13.3. The van der Waals surface area contributed by atoms with E-state index in [0.29, 0.717) is 22.9 Å². The molecule has 1 N–H and O–H groups in total. The molecule has 0 spiro atoms. The fraction of sp³-hybridized carbons (Fsp3) is 0.400. The number of hydrogen-bond acceptors (Lipinski definition) is 7. The third kappa shape index (κ3) is 4.74. The zero-order chi connectivity index (χ0) is 18.0. The lowest BCUT2D eigenvalue weighted by Gasteiger charge is -2.14. The van der Waals surface area contributed by atoms with Gasteiger partial charge in [-0.3, -0.25) is 4.79 Å². The van der Waals surface area contributed by atoms with Crippen LogP contribution in [-0.2, 0) is 14.6 Å². The van der Waals surface area contributed by atoms with E-state index in [0.717, 1.165) is 11.8 Å². The van der Waals surface area contributed by atoms with Gasteiger partial charge >= 0.3 is 0 Å². The molecule has 2 atom stereocenters. The van der Waals surface area contributed by atoms with E-state index >= 15 is 0 Å². The van der Waals surface area contributed by atoms with Crippen LogP contribution in [0, 0.1) is 0 Å². The highest BCUT2D eigenvalue weighted by atomic mass is 35.5. The highest BCUT2D eigenvalue weighted by Gasteiger charge is 2.30. The number of benzene rings is 1. The van der Waals surface area contributed by atoms with Crippen LogP contribution >= 0.6 is 23.4 Å². The van der Waals surface area contributed by atoms with E-state index in [4.69, 9.17) is 16.0 Å². The number of carbonyl (C=O) groups excluding carboxylic acids is 1. The van der Waals surface area contributed by atoms with Crippen molar-refractivity contribution >= 4 is 39.1 Å². The summed E-state index contributed by atoms with van der Waals surface area (Å²) >= 11 is 7.06. The first-order valence-electron chi connectivity index (χ1n) is 7.59. The van der Waals surface area contributed by atoms with E-state index < -0.39 is 15.1 Å². The van der Waals surface area contributed by atoms with Crippen molar-refractivity contribution < 1.29 is 17.6 Å². The number of nitrogens with zero attached hydrogens (tertiary/aromatic N) is 2. The van der Waals surface area contributed by atoms with Crippen LogP contribution in [0.1, 0.15) is 13.3 Å². The van der Waals surface area contributed by atoms with Crippen molar-refractivity contribution in [3.05, 3.63) is 29.3 Å². The van der Waals surface area contributed by atoms with E-state index in [1.807, 2.05) is 0 Å². The lowest BCUT2D eigenvalue weighted by atomic mass is 10.2. The van der Waals surface area contributed by atoms with Gasteiger partial charge in [0.25, 0.3) is 5.22 Å². The molecule has 0 bridgehead atoms. The maximum absolute atomic E-state index is 12.2. The Bertz CT molecular complexity index is 884. The SMILES string of the molecule is C[C@H](Sc1nnc(-c2cccc(Cl)c2)o1)C(=O)N[C@H]1CCS(=O)(=O)C1. The molecule has 1 aliphatic heterocycles. The fourth-order valence-electron chi connectivity index (χ4n) is 2.43. The summed E-state index contributed by atoms with van der Waals surface area (Å²) in [5.74, 6) is 0.177.